The summed E-state index contributed by atoms with van der Waals surface area (Å²) in [4.78, 5) is 0. The lowest BCUT2D eigenvalue weighted by molar-refractivity contribution is 0.717. The Balaban J connectivity index is 2.49. The molecule has 0 aliphatic carbocycles. The molecule has 1 rings (SSSR count). The molecule has 0 heterocycles. The Morgan fingerprint density at radius 3 is 2.54 bits per heavy atom. The molecular weight excluding hydrogens is 160 g/mol. The molecule has 0 amide bonds. The van der Waals surface area contributed by atoms with Crippen molar-refractivity contribution in [3.63, 3.8) is 0 Å². The molecule has 0 aliphatic rings. The van der Waals surface area contributed by atoms with Gasteiger partial charge in [0.25, 0.3) is 0 Å². The summed E-state index contributed by atoms with van der Waals surface area (Å²) in [7, 11) is 0. The summed E-state index contributed by atoms with van der Waals surface area (Å²) in [6, 6.07) is 8.27. The fourth-order valence-corrected chi connectivity index (χ4v) is 1.24. The van der Waals surface area contributed by atoms with Crippen LogP contribution in [0.4, 0.5) is 11.4 Å². The minimum absolute atomic E-state index is 0.473. The van der Waals surface area contributed by atoms with Crippen LogP contribution in [0.2, 0.25) is 0 Å². The van der Waals surface area contributed by atoms with Crippen molar-refractivity contribution in [2.24, 2.45) is 0 Å². The van der Waals surface area contributed by atoms with Crippen LogP contribution < -0.4 is 11.1 Å². The third-order valence-electron chi connectivity index (χ3n) is 1.96. The first kappa shape index (κ1) is 9.90. The fraction of sp³-hybridized carbons (Fsp3) is 0.364. The normalized spacial score (nSPS) is 12.5. The van der Waals surface area contributed by atoms with Crippen molar-refractivity contribution in [1.29, 1.82) is 0 Å². The maximum atomic E-state index is 5.58. The van der Waals surface area contributed by atoms with Gasteiger partial charge in [-0.15, -0.1) is 0 Å². The number of rotatable bonds is 4. The number of nitrogens with two attached hydrogens (primary N) is 1. The van der Waals surface area contributed by atoms with E-state index in [1.165, 1.54) is 0 Å². The minimum Gasteiger partial charge on any atom is -0.399 e. The first-order chi connectivity index (χ1) is 6.22. The van der Waals surface area contributed by atoms with Gasteiger partial charge in [0.15, 0.2) is 0 Å². The van der Waals surface area contributed by atoms with Crippen LogP contribution in [0, 0.1) is 6.92 Å². The maximum absolute atomic E-state index is 5.58. The Hall–Kier alpha value is -1.18. The molecule has 1 aromatic carbocycles. The molecule has 71 valence electrons. The van der Waals surface area contributed by atoms with Crippen LogP contribution in [0.3, 0.4) is 0 Å². The van der Waals surface area contributed by atoms with Gasteiger partial charge in [-0.05, 0) is 37.6 Å². The van der Waals surface area contributed by atoms with Crippen molar-refractivity contribution in [1.82, 2.24) is 0 Å². The molecule has 1 radical (unpaired) electrons. The third-order valence-corrected chi connectivity index (χ3v) is 1.96. The molecule has 1 atom stereocenters. The van der Waals surface area contributed by atoms with Gasteiger partial charge in [-0.25, -0.2) is 0 Å². The topological polar surface area (TPSA) is 38.0 Å². The number of benzene rings is 1. The zero-order valence-corrected chi connectivity index (χ0v) is 8.09. The summed E-state index contributed by atoms with van der Waals surface area (Å²) < 4.78 is 0. The van der Waals surface area contributed by atoms with Crippen LogP contribution in [0.15, 0.2) is 24.3 Å². The van der Waals surface area contributed by atoms with Crippen molar-refractivity contribution in [2.75, 3.05) is 11.1 Å². The molecule has 0 bridgehead atoms. The van der Waals surface area contributed by atoms with Gasteiger partial charge in [-0.3, -0.25) is 0 Å². The smallest absolute Gasteiger partial charge is 0.0343 e. The lowest BCUT2D eigenvalue weighted by Gasteiger charge is -2.13. The van der Waals surface area contributed by atoms with Crippen LogP contribution in [-0.4, -0.2) is 6.04 Å². The van der Waals surface area contributed by atoms with E-state index in [4.69, 9.17) is 5.73 Å². The highest BCUT2D eigenvalue weighted by atomic mass is 14.9. The van der Waals surface area contributed by atoms with Crippen LogP contribution >= 0.6 is 0 Å². The van der Waals surface area contributed by atoms with Gasteiger partial charge in [-0.2, -0.15) is 0 Å². The SMILES string of the molecule is [CH2]CCC(C)Nc1ccc(N)cc1. The second-order valence-corrected chi connectivity index (χ2v) is 3.31. The van der Waals surface area contributed by atoms with Crippen LogP contribution in [-0.2, 0) is 0 Å². The highest BCUT2D eigenvalue weighted by Crippen LogP contribution is 2.12. The molecule has 1 unspecified atom stereocenters. The van der Waals surface area contributed by atoms with Crippen LogP contribution in [0.1, 0.15) is 19.8 Å². The second kappa shape index (κ2) is 4.75. The molecule has 0 aromatic heterocycles. The largest absolute Gasteiger partial charge is 0.399 e. The zero-order chi connectivity index (χ0) is 9.68. The lowest BCUT2D eigenvalue weighted by Crippen LogP contribution is -2.14. The number of hydrogen-bond donors (Lipinski definition) is 2. The van der Waals surface area contributed by atoms with E-state index in [-0.39, 0.29) is 0 Å². The number of nitrogen functional groups attached to an aromatic ring is 1. The predicted molar refractivity (Wildman–Crippen MR) is 58.5 cm³/mol. The summed E-state index contributed by atoms with van der Waals surface area (Å²) in [5.74, 6) is 0. The second-order valence-electron chi connectivity index (χ2n) is 3.31. The molecule has 0 saturated carbocycles. The van der Waals surface area contributed by atoms with Crippen molar-refractivity contribution in [2.45, 2.75) is 25.8 Å². The Kier molecular flexibility index (Phi) is 3.62. The van der Waals surface area contributed by atoms with Gasteiger partial charge in [-0.1, -0.05) is 13.3 Å². The highest BCUT2D eigenvalue weighted by molar-refractivity contribution is 5.51. The lowest BCUT2D eigenvalue weighted by atomic mass is 10.2. The summed E-state index contributed by atoms with van der Waals surface area (Å²) in [6.07, 6.45) is 2.05. The predicted octanol–water partition coefficient (Wildman–Crippen LogP) is 2.68. The number of nitrogens with one attached hydrogen (secondary N) is 1. The summed E-state index contributed by atoms with van der Waals surface area (Å²) in [6.45, 7) is 5.98. The quantitative estimate of drug-likeness (QED) is 0.694. The molecule has 2 heteroatoms. The van der Waals surface area contributed by atoms with Crippen molar-refractivity contribution >= 4 is 11.4 Å². The van der Waals surface area contributed by atoms with Crippen molar-refractivity contribution in [3.05, 3.63) is 31.2 Å². The first-order valence-electron chi connectivity index (χ1n) is 4.63. The van der Waals surface area contributed by atoms with Crippen molar-refractivity contribution in [3.8, 4) is 0 Å². The van der Waals surface area contributed by atoms with Gasteiger partial charge in [0.2, 0.25) is 0 Å². The van der Waals surface area contributed by atoms with E-state index in [0.717, 1.165) is 24.2 Å². The van der Waals surface area contributed by atoms with E-state index in [2.05, 4.69) is 19.2 Å². The molecule has 3 N–H and O–H groups in total. The fourth-order valence-electron chi connectivity index (χ4n) is 1.24. The highest BCUT2D eigenvalue weighted by Gasteiger charge is 1.99. The van der Waals surface area contributed by atoms with Crippen LogP contribution in [0.25, 0.3) is 0 Å². The van der Waals surface area contributed by atoms with E-state index in [1.54, 1.807) is 0 Å². The monoisotopic (exact) mass is 177 g/mol. The molecular formula is C11H17N2. The van der Waals surface area contributed by atoms with Crippen molar-refractivity contribution < 1.29 is 0 Å². The van der Waals surface area contributed by atoms with E-state index >= 15 is 0 Å². The van der Waals surface area contributed by atoms with Gasteiger partial charge < -0.3 is 11.1 Å². The van der Waals surface area contributed by atoms with Gasteiger partial charge in [0, 0.05) is 17.4 Å². The molecule has 0 spiro atoms. The number of anilines is 2. The summed E-state index contributed by atoms with van der Waals surface area (Å²) in [5, 5.41) is 3.37. The van der Waals surface area contributed by atoms with Gasteiger partial charge in [0.1, 0.15) is 0 Å². The number of hydrogen-bond acceptors (Lipinski definition) is 2. The molecule has 13 heavy (non-hydrogen) atoms. The van der Waals surface area contributed by atoms with Gasteiger partial charge >= 0.3 is 0 Å². The minimum atomic E-state index is 0.473. The summed E-state index contributed by atoms with van der Waals surface area (Å²) >= 11 is 0. The Labute approximate surface area is 80.1 Å². The average molecular weight is 177 g/mol. The Morgan fingerprint density at radius 1 is 1.38 bits per heavy atom. The van der Waals surface area contributed by atoms with E-state index in [1.807, 2.05) is 24.3 Å². The Morgan fingerprint density at radius 2 is 2.00 bits per heavy atom. The molecule has 0 saturated heterocycles. The van der Waals surface area contributed by atoms with E-state index in [0.29, 0.717) is 6.04 Å². The zero-order valence-electron chi connectivity index (χ0n) is 8.09. The Bertz CT molecular complexity index is 241. The third kappa shape index (κ3) is 3.36. The molecule has 1 aromatic rings. The standard InChI is InChI=1S/C11H17N2/c1-3-4-9(2)13-11-7-5-10(12)6-8-11/h5-9,13H,1,3-4,12H2,2H3. The maximum Gasteiger partial charge on any atom is 0.0343 e. The first-order valence-corrected chi connectivity index (χ1v) is 4.63. The molecule has 0 aliphatic heterocycles. The average Bonchev–Trinajstić information content (AvgIpc) is 2.09. The molecule has 0 fully saturated rings. The van der Waals surface area contributed by atoms with E-state index < -0.39 is 0 Å². The van der Waals surface area contributed by atoms with Gasteiger partial charge in [0.05, 0.1) is 0 Å². The van der Waals surface area contributed by atoms with Crippen LogP contribution in [0.5, 0.6) is 0 Å². The molecule has 2 nitrogen and oxygen atoms in total. The van der Waals surface area contributed by atoms with E-state index in [9.17, 15) is 0 Å². The summed E-state index contributed by atoms with van der Waals surface area (Å²) in [5.41, 5.74) is 7.50.